The van der Waals surface area contributed by atoms with Gasteiger partial charge in [-0.3, -0.25) is 4.79 Å². The number of rotatable bonds is 3. The Labute approximate surface area is 92.8 Å². The number of thiocarbonyl (C=S) groups is 1. The van der Waals surface area contributed by atoms with Crippen molar-refractivity contribution in [3.8, 4) is 0 Å². The summed E-state index contributed by atoms with van der Waals surface area (Å²) in [7, 11) is 1.32. The van der Waals surface area contributed by atoms with Gasteiger partial charge in [0.1, 0.15) is 12.4 Å². The number of methoxy groups -OCH3 is 1. The lowest BCUT2D eigenvalue weighted by molar-refractivity contribution is -0.139. The number of anilines is 1. The molecule has 0 aliphatic carbocycles. The molecule has 1 aromatic heterocycles. The van der Waals surface area contributed by atoms with Gasteiger partial charge in [0.05, 0.1) is 7.11 Å². The number of nitrogens with zero attached hydrogens (tertiary/aromatic N) is 1. The summed E-state index contributed by atoms with van der Waals surface area (Å²) in [5, 5.41) is 5.84. The van der Waals surface area contributed by atoms with Gasteiger partial charge >= 0.3 is 5.97 Å². The first-order chi connectivity index (χ1) is 7.22. The second-order valence-electron chi connectivity index (χ2n) is 2.60. The van der Waals surface area contributed by atoms with Crippen molar-refractivity contribution in [2.24, 2.45) is 0 Å². The van der Waals surface area contributed by atoms with Crippen LogP contribution in [0.15, 0.2) is 24.4 Å². The summed E-state index contributed by atoms with van der Waals surface area (Å²) in [6.07, 6.45) is 1.64. The first-order valence-electron chi connectivity index (χ1n) is 4.25. The van der Waals surface area contributed by atoms with Crippen LogP contribution in [-0.2, 0) is 9.53 Å². The van der Waals surface area contributed by atoms with Crippen molar-refractivity contribution < 1.29 is 9.53 Å². The molecule has 2 N–H and O–H groups in total. The molecule has 0 unspecified atom stereocenters. The van der Waals surface area contributed by atoms with Crippen LogP contribution in [-0.4, -0.2) is 29.7 Å². The molecule has 6 heteroatoms. The zero-order chi connectivity index (χ0) is 11.1. The topological polar surface area (TPSA) is 63.2 Å². The smallest absolute Gasteiger partial charge is 0.325 e. The van der Waals surface area contributed by atoms with Crippen LogP contribution in [0.3, 0.4) is 0 Å². The van der Waals surface area contributed by atoms with E-state index in [9.17, 15) is 4.79 Å². The van der Waals surface area contributed by atoms with Gasteiger partial charge in [0.2, 0.25) is 0 Å². The number of carbonyl (C=O) groups excluding carboxylic acids is 1. The molecule has 0 aliphatic rings. The van der Waals surface area contributed by atoms with E-state index in [4.69, 9.17) is 12.2 Å². The van der Waals surface area contributed by atoms with Crippen molar-refractivity contribution in [1.29, 1.82) is 0 Å². The Kier molecular flexibility index (Phi) is 4.49. The molecule has 1 aromatic rings. The molecule has 5 nitrogen and oxygen atoms in total. The molecule has 0 spiro atoms. The number of ether oxygens (including phenoxy) is 1. The van der Waals surface area contributed by atoms with Gasteiger partial charge in [-0.25, -0.2) is 4.98 Å². The van der Waals surface area contributed by atoms with Crippen LogP contribution in [0.4, 0.5) is 5.82 Å². The second kappa shape index (κ2) is 5.92. The Morgan fingerprint density at radius 1 is 1.60 bits per heavy atom. The van der Waals surface area contributed by atoms with Crippen LogP contribution in [0.5, 0.6) is 0 Å². The van der Waals surface area contributed by atoms with Crippen molar-refractivity contribution in [3.63, 3.8) is 0 Å². The highest BCUT2D eigenvalue weighted by atomic mass is 32.1. The number of hydrogen-bond acceptors (Lipinski definition) is 4. The van der Waals surface area contributed by atoms with E-state index in [1.54, 1.807) is 18.3 Å². The van der Waals surface area contributed by atoms with Gasteiger partial charge in [-0.05, 0) is 24.4 Å². The Balaban J connectivity index is 2.34. The van der Waals surface area contributed by atoms with Gasteiger partial charge in [-0.15, -0.1) is 0 Å². The van der Waals surface area contributed by atoms with E-state index in [1.165, 1.54) is 7.11 Å². The number of aromatic nitrogens is 1. The Morgan fingerprint density at radius 3 is 3.00 bits per heavy atom. The van der Waals surface area contributed by atoms with E-state index in [0.29, 0.717) is 10.9 Å². The van der Waals surface area contributed by atoms with Crippen molar-refractivity contribution in [2.45, 2.75) is 0 Å². The molecule has 0 aliphatic heterocycles. The lowest BCUT2D eigenvalue weighted by Gasteiger charge is -2.08. The van der Waals surface area contributed by atoms with Gasteiger partial charge < -0.3 is 15.4 Å². The lowest BCUT2D eigenvalue weighted by atomic mass is 10.5. The fourth-order valence-corrected chi connectivity index (χ4v) is 0.999. The molecule has 0 saturated heterocycles. The van der Waals surface area contributed by atoms with E-state index >= 15 is 0 Å². The Morgan fingerprint density at radius 2 is 2.40 bits per heavy atom. The summed E-state index contributed by atoms with van der Waals surface area (Å²) in [4.78, 5) is 14.8. The monoisotopic (exact) mass is 225 g/mol. The molecule has 0 fully saturated rings. The molecule has 0 saturated carbocycles. The normalized spacial score (nSPS) is 9.13. The maximum atomic E-state index is 10.8. The molecule has 0 amide bonds. The average molecular weight is 225 g/mol. The molecular weight excluding hydrogens is 214 g/mol. The minimum Gasteiger partial charge on any atom is -0.468 e. The van der Waals surface area contributed by atoms with Crippen LogP contribution in [0.25, 0.3) is 0 Å². The molecule has 0 bridgehead atoms. The number of hydrogen-bond donors (Lipinski definition) is 2. The van der Waals surface area contributed by atoms with E-state index in [1.807, 2.05) is 6.07 Å². The lowest BCUT2D eigenvalue weighted by Crippen LogP contribution is -2.33. The average Bonchev–Trinajstić information content (AvgIpc) is 2.27. The van der Waals surface area contributed by atoms with E-state index < -0.39 is 0 Å². The highest BCUT2D eigenvalue weighted by molar-refractivity contribution is 7.80. The number of nitrogens with one attached hydrogen (secondary N) is 2. The zero-order valence-corrected chi connectivity index (χ0v) is 9.00. The van der Waals surface area contributed by atoms with Crippen LogP contribution in [0, 0.1) is 0 Å². The maximum Gasteiger partial charge on any atom is 0.325 e. The van der Waals surface area contributed by atoms with Gasteiger partial charge in [0.25, 0.3) is 0 Å². The number of carbonyl (C=O) groups is 1. The van der Waals surface area contributed by atoms with Crippen LogP contribution in [0.1, 0.15) is 0 Å². The van der Waals surface area contributed by atoms with Crippen LogP contribution < -0.4 is 10.6 Å². The Bertz CT molecular complexity index is 342. The van der Waals surface area contributed by atoms with E-state index in [-0.39, 0.29) is 12.5 Å². The maximum absolute atomic E-state index is 10.8. The summed E-state index contributed by atoms with van der Waals surface area (Å²) in [5.41, 5.74) is 0. The predicted octanol–water partition coefficient (Wildman–Crippen LogP) is 0.541. The van der Waals surface area contributed by atoms with Gasteiger partial charge in [-0.1, -0.05) is 6.07 Å². The molecule has 1 rings (SSSR count). The third kappa shape index (κ3) is 4.37. The van der Waals surface area contributed by atoms with Crippen molar-refractivity contribution in [3.05, 3.63) is 24.4 Å². The largest absolute Gasteiger partial charge is 0.468 e. The van der Waals surface area contributed by atoms with Crippen molar-refractivity contribution in [1.82, 2.24) is 10.3 Å². The second-order valence-corrected chi connectivity index (χ2v) is 3.01. The van der Waals surface area contributed by atoms with Crippen molar-refractivity contribution >= 4 is 29.1 Å². The van der Waals surface area contributed by atoms with Gasteiger partial charge in [0, 0.05) is 6.20 Å². The van der Waals surface area contributed by atoms with Crippen LogP contribution >= 0.6 is 12.2 Å². The Hall–Kier alpha value is -1.69. The molecule has 0 atom stereocenters. The van der Waals surface area contributed by atoms with Gasteiger partial charge in [0.15, 0.2) is 5.11 Å². The molecular formula is C9H11N3O2S. The van der Waals surface area contributed by atoms with E-state index in [2.05, 4.69) is 20.4 Å². The number of pyridine rings is 1. The summed E-state index contributed by atoms with van der Waals surface area (Å²) >= 11 is 4.93. The first-order valence-corrected chi connectivity index (χ1v) is 4.66. The number of esters is 1. The molecule has 15 heavy (non-hydrogen) atoms. The fraction of sp³-hybridized carbons (Fsp3) is 0.222. The van der Waals surface area contributed by atoms with Crippen LogP contribution in [0.2, 0.25) is 0 Å². The summed E-state index contributed by atoms with van der Waals surface area (Å²) < 4.78 is 4.45. The zero-order valence-electron chi connectivity index (χ0n) is 8.19. The molecule has 0 radical (unpaired) electrons. The first kappa shape index (κ1) is 11.4. The molecule has 80 valence electrons. The summed E-state index contributed by atoms with van der Waals surface area (Å²) in [6, 6.07) is 5.40. The highest BCUT2D eigenvalue weighted by Crippen LogP contribution is 1.98. The third-order valence-corrected chi connectivity index (χ3v) is 1.77. The standard InChI is InChI=1S/C9H11N3O2S/c1-14-8(13)6-11-9(15)12-7-4-2-3-5-10-7/h2-5H,6H2,1H3,(H2,10,11,12,15). The summed E-state index contributed by atoms with van der Waals surface area (Å²) in [5.74, 6) is 0.250. The molecule has 0 aromatic carbocycles. The third-order valence-electron chi connectivity index (χ3n) is 1.53. The van der Waals surface area contributed by atoms with Crippen molar-refractivity contribution in [2.75, 3.05) is 19.0 Å². The highest BCUT2D eigenvalue weighted by Gasteiger charge is 2.01. The minimum absolute atomic E-state index is 0.0369. The molecule has 1 heterocycles. The summed E-state index contributed by atoms with van der Waals surface area (Å²) in [6.45, 7) is 0.0369. The quantitative estimate of drug-likeness (QED) is 0.578. The van der Waals surface area contributed by atoms with Gasteiger partial charge in [-0.2, -0.15) is 0 Å². The predicted molar refractivity (Wildman–Crippen MR) is 60.5 cm³/mol. The van der Waals surface area contributed by atoms with E-state index in [0.717, 1.165) is 0 Å². The SMILES string of the molecule is COC(=O)CNC(=S)Nc1ccccn1. The minimum atomic E-state index is -0.375. The fourth-order valence-electron chi connectivity index (χ4n) is 0.822.